The smallest absolute Gasteiger partial charge is 0.332 e. The first kappa shape index (κ1) is 14.0. The van der Waals surface area contributed by atoms with Gasteiger partial charge < -0.3 is 15.0 Å². The fourth-order valence-corrected chi connectivity index (χ4v) is 3.62. The van der Waals surface area contributed by atoms with Gasteiger partial charge in [0.15, 0.2) is 6.04 Å². The number of carboxylic acid groups (broad SMARTS) is 1. The van der Waals surface area contributed by atoms with Crippen molar-refractivity contribution in [2.45, 2.75) is 31.7 Å². The van der Waals surface area contributed by atoms with Crippen molar-refractivity contribution in [2.75, 3.05) is 6.54 Å². The van der Waals surface area contributed by atoms with Crippen LogP contribution in [0.3, 0.4) is 0 Å². The highest BCUT2D eigenvalue weighted by Gasteiger charge is 2.38. The first-order valence-electron chi connectivity index (χ1n) is 7.83. The third-order valence-electron chi connectivity index (χ3n) is 4.77. The van der Waals surface area contributed by atoms with E-state index < -0.39 is 12.0 Å². The minimum atomic E-state index is -1.05. The highest BCUT2D eigenvalue weighted by Crippen LogP contribution is 2.30. The van der Waals surface area contributed by atoms with Crippen LogP contribution in [0.4, 0.5) is 0 Å². The number of carbonyl (C=O) groups is 2. The van der Waals surface area contributed by atoms with E-state index >= 15 is 0 Å². The lowest BCUT2D eigenvalue weighted by Gasteiger charge is -2.32. The molecule has 2 aliphatic rings. The van der Waals surface area contributed by atoms with E-state index in [1.807, 2.05) is 18.2 Å². The number of nitrogens with zero attached hydrogens (tertiary/aromatic N) is 2. The molecular formula is C17H17N3O3. The highest BCUT2D eigenvalue weighted by atomic mass is 16.4. The van der Waals surface area contributed by atoms with Gasteiger partial charge in [-0.05, 0) is 42.5 Å². The van der Waals surface area contributed by atoms with Crippen LogP contribution in [0.5, 0.6) is 0 Å². The van der Waals surface area contributed by atoms with Crippen molar-refractivity contribution in [3.8, 4) is 0 Å². The van der Waals surface area contributed by atoms with Crippen molar-refractivity contribution < 1.29 is 14.7 Å². The lowest BCUT2D eigenvalue weighted by Crippen LogP contribution is -2.43. The largest absolute Gasteiger partial charge is 0.479 e. The summed E-state index contributed by atoms with van der Waals surface area (Å²) < 4.78 is 0. The maximum Gasteiger partial charge on any atom is 0.332 e. The molecule has 0 saturated carbocycles. The number of hydrogen-bond acceptors (Lipinski definition) is 3. The van der Waals surface area contributed by atoms with Gasteiger partial charge in [-0.15, -0.1) is 0 Å². The molecule has 23 heavy (non-hydrogen) atoms. The SMILES string of the molecule is O=C(O)[C@H]1c2nc[nH]c2CCN1C(=O)c1ccc2c(c1)CCC2. The van der Waals surface area contributed by atoms with Gasteiger partial charge in [0.05, 0.1) is 12.0 Å². The molecule has 2 aromatic rings. The minimum Gasteiger partial charge on any atom is -0.479 e. The Bertz CT molecular complexity index is 796. The molecule has 6 heteroatoms. The van der Waals surface area contributed by atoms with Crippen LogP contribution in [0.15, 0.2) is 24.5 Å². The molecule has 0 fully saturated rings. The number of amides is 1. The van der Waals surface area contributed by atoms with Gasteiger partial charge in [0, 0.05) is 24.2 Å². The van der Waals surface area contributed by atoms with E-state index in [4.69, 9.17) is 0 Å². The number of rotatable bonds is 2. The first-order valence-corrected chi connectivity index (χ1v) is 7.83. The summed E-state index contributed by atoms with van der Waals surface area (Å²) in [5.41, 5.74) is 4.31. The Balaban J connectivity index is 1.69. The Labute approximate surface area is 133 Å². The number of aromatic amines is 1. The van der Waals surface area contributed by atoms with Crippen LogP contribution in [-0.4, -0.2) is 38.4 Å². The molecule has 1 aliphatic carbocycles. The van der Waals surface area contributed by atoms with Crippen LogP contribution in [0, 0.1) is 0 Å². The number of aliphatic carboxylic acids is 1. The molecular weight excluding hydrogens is 294 g/mol. The second kappa shape index (κ2) is 5.22. The predicted molar refractivity (Wildman–Crippen MR) is 82.2 cm³/mol. The molecule has 1 aromatic heterocycles. The van der Waals surface area contributed by atoms with Crippen molar-refractivity contribution in [3.05, 3.63) is 52.6 Å². The quantitative estimate of drug-likeness (QED) is 0.884. The molecule has 2 heterocycles. The molecule has 6 nitrogen and oxygen atoms in total. The maximum atomic E-state index is 12.9. The summed E-state index contributed by atoms with van der Waals surface area (Å²) >= 11 is 0. The van der Waals surface area contributed by atoms with E-state index in [-0.39, 0.29) is 5.91 Å². The predicted octanol–water partition coefficient (Wildman–Crippen LogP) is 1.72. The third kappa shape index (κ3) is 2.21. The van der Waals surface area contributed by atoms with Gasteiger partial charge in [-0.3, -0.25) is 4.79 Å². The number of nitrogens with one attached hydrogen (secondary N) is 1. The van der Waals surface area contributed by atoms with E-state index in [1.54, 1.807) is 0 Å². The summed E-state index contributed by atoms with van der Waals surface area (Å²) in [5, 5.41) is 9.58. The van der Waals surface area contributed by atoms with Crippen LogP contribution in [0.1, 0.15) is 45.3 Å². The Kier molecular flexibility index (Phi) is 3.18. The Morgan fingerprint density at radius 3 is 2.87 bits per heavy atom. The Hall–Kier alpha value is -2.63. The van der Waals surface area contributed by atoms with Crippen molar-refractivity contribution in [2.24, 2.45) is 0 Å². The summed E-state index contributed by atoms with van der Waals surface area (Å²) in [6, 6.07) is 4.70. The summed E-state index contributed by atoms with van der Waals surface area (Å²) in [6.45, 7) is 0.377. The van der Waals surface area contributed by atoms with E-state index in [9.17, 15) is 14.7 Å². The fourth-order valence-electron chi connectivity index (χ4n) is 3.62. The lowest BCUT2D eigenvalue weighted by molar-refractivity contribution is -0.143. The van der Waals surface area contributed by atoms with E-state index in [1.165, 1.54) is 22.4 Å². The zero-order chi connectivity index (χ0) is 16.0. The number of aromatic nitrogens is 2. The van der Waals surface area contributed by atoms with Crippen LogP contribution in [0.2, 0.25) is 0 Å². The summed E-state index contributed by atoms with van der Waals surface area (Å²) in [4.78, 5) is 33.1. The van der Waals surface area contributed by atoms with Gasteiger partial charge in [0.2, 0.25) is 0 Å². The molecule has 0 bridgehead atoms. The van der Waals surface area contributed by atoms with Gasteiger partial charge in [-0.1, -0.05) is 6.07 Å². The molecule has 1 aliphatic heterocycles. The maximum absolute atomic E-state index is 12.9. The van der Waals surface area contributed by atoms with Crippen molar-refractivity contribution >= 4 is 11.9 Å². The van der Waals surface area contributed by atoms with Crippen LogP contribution < -0.4 is 0 Å². The Morgan fingerprint density at radius 2 is 2.04 bits per heavy atom. The Morgan fingerprint density at radius 1 is 1.22 bits per heavy atom. The molecule has 1 atom stereocenters. The molecule has 118 valence electrons. The van der Waals surface area contributed by atoms with E-state index in [0.29, 0.717) is 24.2 Å². The molecule has 4 rings (SSSR count). The van der Waals surface area contributed by atoms with Crippen LogP contribution >= 0.6 is 0 Å². The number of carbonyl (C=O) groups excluding carboxylic acids is 1. The topological polar surface area (TPSA) is 86.3 Å². The number of imidazole rings is 1. The zero-order valence-electron chi connectivity index (χ0n) is 12.6. The summed E-state index contributed by atoms with van der Waals surface area (Å²) in [7, 11) is 0. The molecule has 2 N–H and O–H groups in total. The average Bonchev–Trinajstić information content (AvgIpc) is 3.20. The molecule has 0 unspecified atom stereocenters. The summed E-state index contributed by atoms with van der Waals surface area (Å²) in [6.07, 6.45) is 5.25. The number of hydrogen-bond donors (Lipinski definition) is 2. The van der Waals surface area contributed by atoms with E-state index in [2.05, 4.69) is 9.97 Å². The molecule has 0 saturated heterocycles. The standard InChI is InChI=1S/C17H17N3O3/c21-16(12-5-4-10-2-1-3-11(10)8-12)20-7-6-13-14(19-9-18-13)15(20)17(22)23/h4-5,8-9,15H,1-3,6-7H2,(H,18,19)(H,22,23)/t15-/m1/s1. The number of fused-ring (bicyclic) bond motifs is 2. The van der Waals surface area contributed by atoms with Gasteiger partial charge in [-0.2, -0.15) is 0 Å². The van der Waals surface area contributed by atoms with Crippen molar-refractivity contribution in [1.29, 1.82) is 0 Å². The highest BCUT2D eigenvalue weighted by molar-refractivity contribution is 5.97. The fraction of sp³-hybridized carbons (Fsp3) is 0.353. The monoisotopic (exact) mass is 311 g/mol. The van der Waals surface area contributed by atoms with Crippen molar-refractivity contribution in [3.63, 3.8) is 0 Å². The zero-order valence-corrected chi connectivity index (χ0v) is 12.6. The number of H-pyrrole nitrogens is 1. The number of carboxylic acids is 1. The van der Waals surface area contributed by atoms with Gasteiger partial charge in [0.25, 0.3) is 5.91 Å². The summed E-state index contributed by atoms with van der Waals surface area (Å²) in [5.74, 6) is -1.28. The number of benzene rings is 1. The number of aryl methyl sites for hydroxylation is 2. The molecule has 1 aromatic carbocycles. The minimum absolute atomic E-state index is 0.235. The van der Waals surface area contributed by atoms with Gasteiger partial charge >= 0.3 is 5.97 Å². The first-order chi connectivity index (χ1) is 11.1. The van der Waals surface area contributed by atoms with Gasteiger partial charge in [0.1, 0.15) is 0 Å². The molecule has 0 radical (unpaired) electrons. The van der Waals surface area contributed by atoms with Crippen LogP contribution in [-0.2, 0) is 24.1 Å². The van der Waals surface area contributed by atoms with Crippen molar-refractivity contribution in [1.82, 2.24) is 14.9 Å². The lowest BCUT2D eigenvalue weighted by atomic mass is 10.00. The molecule has 1 amide bonds. The average molecular weight is 311 g/mol. The van der Waals surface area contributed by atoms with Gasteiger partial charge in [-0.25, -0.2) is 9.78 Å². The molecule has 0 spiro atoms. The second-order valence-corrected chi connectivity index (χ2v) is 6.09. The second-order valence-electron chi connectivity index (χ2n) is 6.09. The third-order valence-corrected chi connectivity index (χ3v) is 4.77. The van der Waals surface area contributed by atoms with Crippen LogP contribution in [0.25, 0.3) is 0 Å². The normalized spacial score (nSPS) is 19.3. The van der Waals surface area contributed by atoms with E-state index in [0.717, 1.165) is 25.0 Å².